The molecule has 14 heavy (non-hydrogen) atoms. The molecule has 1 aliphatic carbocycles. The number of pyridine rings is 1. The summed E-state index contributed by atoms with van der Waals surface area (Å²) in [7, 11) is 0. The van der Waals surface area contributed by atoms with Gasteiger partial charge in [0.05, 0.1) is 11.0 Å². The molecule has 3 heteroatoms. The minimum atomic E-state index is 0.176. The number of nitrogens with two attached hydrogens (primary N) is 1. The van der Waals surface area contributed by atoms with Crippen molar-refractivity contribution in [3.8, 4) is 0 Å². The van der Waals surface area contributed by atoms with Crippen LogP contribution in [0.4, 0.5) is 0 Å². The van der Waals surface area contributed by atoms with E-state index in [2.05, 4.69) is 16.0 Å². The Labute approximate surface area is 82.3 Å². The van der Waals surface area contributed by atoms with Crippen LogP contribution in [-0.4, -0.2) is 9.97 Å². The second-order valence-electron chi connectivity index (χ2n) is 4.04. The second kappa shape index (κ2) is 2.82. The van der Waals surface area contributed by atoms with E-state index in [0.29, 0.717) is 5.92 Å². The van der Waals surface area contributed by atoms with Crippen LogP contribution in [0.15, 0.2) is 24.5 Å². The van der Waals surface area contributed by atoms with Crippen molar-refractivity contribution in [1.29, 1.82) is 0 Å². The zero-order valence-electron chi connectivity index (χ0n) is 7.90. The highest BCUT2D eigenvalue weighted by Gasteiger charge is 2.29. The monoisotopic (exact) mass is 187 g/mol. The molecule has 1 atom stereocenters. The minimum Gasteiger partial charge on any atom is -0.360 e. The van der Waals surface area contributed by atoms with Gasteiger partial charge < -0.3 is 10.7 Å². The molecule has 2 heterocycles. The quantitative estimate of drug-likeness (QED) is 0.755. The smallest absolute Gasteiger partial charge is 0.0878 e. The van der Waals surface area contributed by atoms with Gasteiger partial charge in [0.15, 0.2) is 0 Å². The summed E-state index contributed by atoms with van der Waals surface area (Å²) in [6.07, 6.45) is 6.34. The number of aromatic nitrogens is 2. The van der Waals surface area contributed by atoms with Crippen LogP contribution < -0.4 is 5.73 Å². The number of nitrogens with zero attached hydrogens (tertiary/aromatic N) is 1. The van der Waals surface area contributed by atoms with E-state index in [4.69, 9.17) is 5.73 Å². The first-order chi connectivity index (χ1) is 6.84. The van der Waals surface area contributed by atoms with Gasteiger partial charge in [-0.2, -0.15) is 0 Å². The Bertz CT molecular complexity index is 456. The number of nitrogens with one attached hydrogen (secondary N) is 1. The maximum Gasteiger partial charge on any atom is 0.0878 e. The molecule has 0 unspecified atom stereocenters. The minimum absolute atomic E-state index is 0.176. The Kier molecular flexibility index (Phi) is 1.61. The van der Waals surface area contributed by atoms with Gasteiger partial charge in [-0.15, -0.1) is 0 Å². The van der Waals surface area contributed by atoms with Crippen LogP contribution in [0.3, 0.4) is 0 Å². The summed E-state index contributed by atoms with van der Waals surface area (Å²) in [5, 5.41) is 0. The lowest BCUT2D eigenvalue weighted by Gasteiger charge is -2.09. The number of hydrogen-bond donors (Lipinski definition) is 2. The molecule has 0 spiro atoms. The maximum absolute atomic E-state index is 6.11. The molecule has 3 nitrogen and oxygen atoms in total. The highest BCUT2D eigenvalue weighted by atomic mass is 14.8. The van der Waals surface area contributed by atoms with Gasteiger partial charge in [-0.25, -0.2) is 0 Å². The van der Waals surface area contributed by atoms with Gasteiger partial charge in [0, 0.05) is 18.4 Å². The molecule has 0 amide bonds. The Morgan fingerprint density at radius 2 is 2.36 bits per heavy atom. The average molecular weight is 187 g/mol. The van der Waals surface area contributed by atoms with Gasteiger partial charge in [-0.3, -0.25) is 4.98 Å². The van der Waals surface area contributed by atoms with Crippen LogP contribution in [0.5, 0.6) is 0 Å². The van der Waals surface area contributed by atoms with Crippen LogP contribution in [0.1, 0.15) is 24.4 Å². The topological polar surface area (TPSA) is 54.7 Å². The van der Waals surface area contributed by atoms with Crippen LogP contribution in [0.2, 0.25) is 0 Å². The van der Waals surface area contributed by atoms with Crippen LogP contribution >= 0.6 is 0 Å². The van der Waals surface area contributed by atoms with Crippen molar-refractivity contribution in [3.05, 3.63) is 30.1 Å². The van der Waals surface area contributed by atoms with Crippen molar-refractivity contribution in [3.63, 3.8) is 0 Å². The van der Waals surface area contributed by atoms with Crippen molar-refractivity contribution < 1.29 is 0 Å². The normalized spacial score (nSPS) is 18.6. The summed E-state index contributed by atoms with van der Waals surface area (Å²) in [5.74, 6) is 0.684. The number of H-pyrrole nitrogens is 1. The number of hydrogen-bond acceptors (Lipinski definition) is 2. The summed E-state index contributed by atoms with van der Waals surface area (Å²) in [6.45, 7) is 0. The van der Waals surface area contributed by atoms with Gasteiger partial charge in [-0.1, -0.05) is 0 Å². The Morgan fingerprint density at radius 3 is 3.14 bits per heavy atom. The van der Waals surface area contributed by atoms with Gasteiger partial charge >= 0.3 is 0 Å². The van der Waals surface area contributed by atoms with E-state index in [9.17, 15) is 0 Å². The molecule has 2 aromatic rings. The van der Waals surface area contributed by atoms with E-state index in [1.54, 1.807) is 0 Å². The molecule has 2 aromatic heterocycles. The summed E-state index contributed by atoms with van der Waals surface area (Å²) >= 11 is 0. The van der Waals surface area contributed by atoms with Crippen molar-refractivity contribution >= 4 is 11.0 Å². The van der Waals surface area contributed by atoms with E-state index in [1.807, 2.05) is 18.5 Å². The average Bonchev–Trinajstić information content (AvgIpc) is 2.95. The van der Waals surface area contributed by atoms with Crippen LogP contribution in [-0.2, 0) is 0 Å². The Morgan fingerprint density at radius 1 is 1.50 bits per heavy atom. The highest BCUT2D eigenvalue weighted by molar-refractivity contribution is 5.75. The molecule has 0 aliphatic heterocycles. The van der Waals surface area contributed by atoms with Gasteiger partial charge in [0.1, 0.15) is 0 Å². The van der Waals surface area contributed by atoms with Crippen molar-refractivity contribution in [2.24, 2.45) is 11.7 Å². The van der Waals surface area contributed by atoms with E-state index >= 15 is 0 Å². The molecule has 1 aliphatic rings. The fourth-order valence-corrected chi connectivity index (χ4v) is 1.86. The lowest BCUT2D eigenvalue weighted by molar-refractivity contribution is 0.632. The molecule has 3 rings (SSSR count). The summed E-state index contributed by atoms with van der Waals surface area (Å²) in [6, 6.07) is 4.27. The van der Waals surface area contributed by atoms with E-state index in [0.717, 1.165) is 16.6 Å². The van der Waals surface area contributed by atoms with Gasteiger partial charge in [0.25, 0.3) is 0 Å². The molecular formula is C11H13N3. The molecule has 1 saturated carbocycles. The standard InChI is InChI=1S/C11H13N3/c12-11(7-1-2-7)8-5-10-9(14-6-8)3-4-13-10/h3-7,11,13H,1-2,12H2/t11-/m0/s1. The first-order valence-electron chi connectivity index (χ1n) is 5.03. The van der Waals surface area contributed by atoms with E-state index < -0.39 is 0 Å². The van der Waals surface area contributed by atoms with Gasteiger partial charge in [-0.05, 0) is 36.5 Å². The predicted octanol–water partition coefficient (Wildman–Crippen LogP) is 1.97. The lowest BCUT2D eigenvalue weighted by Crippen LogP contribution is -2.12. The Hall–Kier alpha value is -1.35. The van der Waals surface area contributed by atoms with E-state index in [-0.39, 0.29) is 6.04 Å². The number of aromatic amines is 1. The van der Waals surface area contributed by atoms with Gasteiger partial charge in [0.2, 0.25) is 0 Å². The molecule has 0 saturated heterocycles. The zero-order valence-corrected chi connectivity index (χ0v) is 7.90. The number of rotatable bonds is 2. The van der Waals surface area contributed by atoms with Crippen LogP contribution in [0, 0.1) is 5.92 Å². The SMILES string of the molecule is N[C@H](c1cnc2cc[nH]c2c1)C1CC1. The van der Waals surface area contributed by atoms with Crippen LogP contribution in [0.25, 0.3) is 11.0 Å². The maximum atomic E-state index is 6.11. The summed E-state index contributed by atoms with van der Waals surface area (Å²) < 4.78 is 0. The molecule has 0 bridgehead atoms. The second-order valence-corrected chi connectivity index (χ2v) is 4.04. The van der Waals surface area contributed by atoms with Crippen molar-refractivity contribution in [2.75, 3.05) is 0 Å². The fourth-order valence-electron chi connectivity index (χ4n) is 1.86. The molecule has 0 radical (unpaired) electrons. The third kappa shape index (κ3) is 1.21. The molecule has 1 fully saturated rings. The third-order valence-corrected chi connectivity index (χ3v) is 2.93. The molecular weight excluding hydrogens is 174 g/mol. The summed E-state index contributed by atoms with van der Waals surface area (Å²) in [4.78, 5) is 7.52. The predicted molar refractivity (Wildman–Crippen MR) is 55.7 cm³/mol. The Balaban J connectivity index is 2.03. The van der Waals surface area contributed by atoms with E-state index in [1.165, 1.54) is 12.8 Å². The zero-order chi connectivity index (χ0) is 9.54. The fraction of sp³-hybridized carbons (Fsp3) is 0.364. The molecule has 0 aromatic carbocycles. The largest absolute Gasteiger partial charge is 0.360 e. The third-order valence-electron chi connectivity index (χ3n) is 2.93. The first-order valence-corrected chi connectivity index (χ1v) is 5.03. The summed E-state index contributed by atoms with van der Waals surface area (Å²) in [5.41, 5.74) is 9.35. The highest BCUT2D eigenvalue weighted by Crippen LogP contribution is 2.39. The number of fused-ring (bicyclic) bond motifs is 1. The van der Waals surface area contributed by atoms with Crippen molar-refractivity contribution in [1.82, 2.24) is 9.97 Å². The molecule has 72 valence electrons. The lowest BCUT2D eigenvalue weighted by atomic mass is 10.1. The first kappa shape index (κ1) is 8.00. The van der Waals surface area contributed by atoms with Crippen molar-refractivity contribution in [2.45, 2.75) is 18.9 Å². The molecule has 3 N–H and O–H groups in total.